The largest absolute Gasteiger partial charge is 0.465 e. The summed E-state index contributed by atoms with van der Waals surface area (Å²) in [6.45, 7) is 7.34. The fourth-order valence-corrected chi connectivity index (χ4v) is 2.22. The first-order chi connectivity index (χ1) is 9.28. The average Bonchev–Trinajstić information content (AvgIpc) is 2.42. The van der Waals surface area contributed by atoms with Gasteiger partial charge in [0.05, 0.1) is 18.8 Å². The average molecular weight is 263 g/mol. The zero-order valence-corrected chi connectivity index (χ0v) is 11.4. The Morgan fingerprint density at radius 3 is 2.63 bits per heavy atom. The van der Waals surface area contributed by atoms with Crippen molar-refractivity contribution >= 4 is 5.97 Å². The number of piperazine rings is 1. The van der Waals surface area contributed by atoms with Gasteiger partial charge in [-0.05, 0) is 19.1 Å². The maximum atomic E-state index is 11.4. The van der Waals surface area contributed by atoms with Gasteiger partial charge in [-0.3, -0.25) is 19.6 Å². The molecule has 1 fully saturated rings. The van der Waals surface area contributed by atoms with E-state index in [2.05, 4.69) is 14.8 Å². The Balaban J connectivity index is 1.72. The maximum Gasteiger partial charge on any atom is 0.320 e. The molecule has 0 unspecified atom stereocenters. The van der Waals surface area contributed by atoms with Crippen LogP contribution in [0.4, 0.5) is 0 Å². The monoisotopic (exact) mass is 263 g/mol. The molecule has 1 saturated heterocycles. The number of hydrogen-bond donors (Lipinski definition) is 0. The smallest absolute Gasteiger partial charge is 0.320 e. The summed E-state index contributed by atoms with van der Waals surface area (Å²) in [4.78, 5) is 20.2. The molecule has 0 N–H and O–H groups in total. The fraction of sp³-hybridized carbons (Fsp3) is 0.571. The normalized spacial score (nSPS) is 17.3. The van der Waals surface area contributed by atoms with Crippen molar-refractivity contribution in [3.05, 3.63) is 30.1 Å². The standard InChI is InChI=1S/C14H21N3O2/c1-2-19-14(18)12-17-9-7-16(8-10-17)11-13-5-3-4-6-15-13/h3-6H,2,7-12H2,1H3. The van der Waals surface area contributed by atoms with Crippen LogP contribution in [0.15, 0.2) is 24.4 Å². The van der Waals surface area contributed by atoms with Crippen LogP contribution >= 0.6 is 0 Å². The molecule has 1 aromatic heterocycles. The Kier molecular flexibility index (Phi) is 5.30. The summed E-state index contributed by atoms with van der Waals surface area (Å²) in [7, 11) is 0. The lowest BCUT2D eigenvalue weighted by atomic mass is 10.2. The molecule has 5 nitrogen and oxygen atoms in total. The van der Waals surface area contributed by atoms with Gasteiger partial charge in [0.25, 0.3) is 0 Å². The van der Waals surface area contributed by atoms with Crippen molar-refractivity contribution < 1.29 is 9.53 Å². The summed E-state index contributed by atoms with van der Waals surface area (Å²) in [5.41, 5.74) is 1.10. The maximum absolute atomic E-state index is 11.4. The van der Waals surface area contributed by atoms with Crippen molar-refractivity contribution in [2.45, 2.75) is 13.5 Å². The minimum Gasteiger partial charge on any atom is -0.465 e. The van der Waals surface area contributed by atoms with Crippen molar-refractivity contribution in [2.24, 2.45) is 0 Å². The molecule has 0 spiro atoms. The van der Waals surface area contributed by atoms with Crippen LogP contribution < -0.4 is 0 Å². The number of carbonyl (C=O) groups is 1. The number of nitrogens with zero attached hydrogens (tertiary/aromatic N) is 3. The fourth-order valence-electron chi connectivity index (χ4n) is 2.22. The molecule has 1 aromatic rings. The molecule has 1 aliphatic heterocycles. The van der Waals surface area contributed by atoms with Crippen LogP contribution in [0.5, 0.6) is 0 Å². The van der Waals surface area contributed by atoms with Crippen LogP contribution in [-0.4, -0.2) is 60.1 Å². The molecule has 19 heavy (non-hydrogen) atoms. The second-order valence-electron chi connectivity index (χ2n) is 4.68. The third kappa shape index (κ3) is 4.61. The topological polar surface area (TPSA) is 45.7 Å². The number of rotatable bonds is 5. The zero-order valence-electron chi connectivity index (χ0n) is 11.4. The summed E-state index contributed by atoms with van der Waals surface area (Å²) in [5, 5.41) is 0. The second-order valence-corrected chi connectivity index (χ2v) is 4.68. The molecule has 0 saturated carbocycles. The lowest BCUT2D eigenvalue weighted by molar-refractivity contribution is -0.144. The lowest BCUT2D eigenvalue weighted by Crippen LogP contribution is -2.47. The van der Waals surface area contributed by atoms with E-state index >= 15 is 0 Å². The molecule has 0 bridgehead atoms. The van der Waals surface area contributed by atoms with Gasteiger partial charge in [-0.25, -0.2) is 0 Å². The molecule has 104 valence electrons. The predicted octanol–water partition coefficient (Wildman–Crippen LogP) is 0.762. The summed E-state index contributed by atoms with van der Waals surface area (Å²) in [6.07, 6.45) is 1.83. The third-order valence-corrected chi connectivity index (χ3v) is 3.23. The minimum atomic E-state index is -0.124. The van der Waals surface area contributed by atoms with E-state index in [4.69, 9.17) is 4.74 Å². The van der Waals surface area contributed by atoms with Crippen LogP contribution in [0, 0.1) is 0 Å². The van der Waals surface area contributed by atoms with E-state index in [0.29, 0.717) is 13.2 Å². The van der Waals surface area contributed by atoms with Crippen molar-refractivity contribution in [2.75, 3.05) is 39.3 Å². The van der Waals surface area contributed by atoms with Gasteiger partial charge in [-0.15, -0.1) is 0 Å². The predicted molar refractivity (Wildman–Crippen MR) is 72.6 cm³/mol. The van der Waals surface area contributed by atoms with Crippen LogP contribution in [-0.2, 0) is 16.1 Å². The van der Waals surface area contributed by atoms with E-state index in [1.807, 2.05) is 31.3 Å². The number of aromatic nitrogens is 1. The highest BCUT2D eigenvalue weighted by Gasteiger charge is 2.19. The molecular weight excluding hydrogens is 242 g/mol. The summed E-state index contributed by atoms with van der Waals surface area (Å²) in [6, 6.07) is 5.99. The third-order valence-electron chi connectivity index (χ3n) is 3.23. The van der Waals surface area contributed by atoms with Crippen LogP contribution in [0.25, 0.3) is 0 Å². The van der Waals surface area contributed by atoms with Crippen molar-refractivity contribution in [1.82, 2.24) is 14.8 Å². The van der Waals surface area contributed by atoms with E-state index < -0.39 is 0 Å². The molecular formula is C14H21N3O2. The van der Waals surface area contributed by atoms with Gasteiger partial charge in [0.15, 0.2) is 0 Å². The first-order valence-electron chi connectivity index (χ1n) is 6.78. The van der Waals surface area contributed by atoms with E-state index in [9.17, 15) is 4.79 Å². The first-order valence-corrected chi connectivity index (χ1v) is 6.78. The Labute approximate surface area is 114 Å². The van der Waals surface area contributed by atoms with E-state index in [1.54, 1.807) is 0 Å². The molecule has 2 rings (SSSR count). The number of carbonyl (C=O) groups excluding carboxylic acids is 1. The van der Waals surface area contributed by atoms with E-state index in [1.165, 1.54) is 0 Å². The highest BCUT2D eigenvalue weighted by molar-refractivity contribution is 5.71. The van der Waals surface area contributed by atoms with Crippen molar-refractivity contribution in [3.63, 3.8) is 0 Å². The molecule has 0 atom stereocenters. The molecule has 0 aliphatic carbocycles. The van der Waals surface area contributed by atoms with Crippen LogP contribution in [0.2, 0.25) is 0 Å². The number of hydrogen-bond acceptors (Lipinski definition) is 5. The molecule has 5 heteroatoms. The van der Waals surface area contributed by atoms with Gasteiger partial charge in [0.2, 0.25) is 0 Å². The van der Waals surface area contributed by atoms with E-state index in [0.717, 1.165) is 38.4 Å². The summed E-state index contributed by atoms with van der Waals surface area (Å²) >= 11 is 0. The van der Waals surface area contributed by atoms with Crippen LogP contribution in [0.1, 0.15) is 12.6 Å². The number of esters is 1. The Morgan fingerprint density at radius 1 is 1.26 bits per heavy atom. The van der Waals surface area contributed by atoms with Crippen LogP contribution in [0.3, 0.4) is 0 Å². The SMILES string of the molecule is CCOC(=O)CN1CCN(Cc2ccccn2)CC1. The van der Waals surface area contributed by atoms with Gasteiger partial charge < -0.3 is 4.74 Å². The Morgan fingerprint density at radius 2 is 2.00 bits per heavy atom. The van der Waals surface area contributed by atoms with Crippen molar-refractivity contribution in [1.29, 1.82) is 0 Å². The van der Waals surface area contributed by atoms with Gasteiger partial charge in [-0.2, -0.15) is 0 Å². The zero-order chi connectivity index (χ0) is 13.5. The second kappa shape index (κ2) is 7.21. The molecule has 0 radical (unpaired) electrons. The lowest BCUT2D eigenvalue weighted by Gasteiger charge is -2.33. The minimum absolute atomic E-state index is 0.124. The first kappa shape index (κ1) is 14.0. The highest BCUT2D eigenvalue weighted by Crippen LogP contribution is 2.06. The van der Waals surface area contributed by atoms with Gasteiger partial charge in [0, 0.05) is 38.9 Å². The molecule has 0 amide bonds. The van der Waals surface area contributed by atoms with E-state index in [-0.39, 0.29) is 5.97 Å². The molecule has 1 aliphatic rings. The number of pyridine rings is 1. The molecule has 0 aromatic carbocycles. The number of ether oxygens (including phenoxy) is 1. The summed E-state index contributed by atoms with van der Waals surface area (Å²) < 4.78 is 4.96. The Bertz CT molecular complexity index is 389. The van der Waals surface area contributed by atoms with Gasteiger partial charge in [-0.1, -0.05) is 6.07 Å². The van der Waals surface area contributed by atoms with Crippen molar-refractivity contribution in [3.8, 4) is 0 Å². The quantitative estimate of drug-likeness (QED) is 0.734. The Hall–Kier alpha value is -1.46. The van der Waals surface area contributed by atoms with Gasteiger partial charge >= 0.3 is 5.97 Å². The van der Waals surface area contributed by atoms with Gasteiger partial charge in [0.1, 0.15) is 0 Å². The summed E-state index contributed by atoms with van der Waals surface area (Å²) in [5.74, 6) is -0.124. The molecule has 2 heterocycles. The highest BCUT2D eigenvalue weighted by atomic mass is 16.5.